The number of aliphatic imine (C=N–C) groups is 1. The van der Waals surface area contributed by atoms with Crippen molar-refractivity contribution in [3.05, 3.63) is 35.6 Å². The third kappa shape index (κ3) is 2.43. The van der Waals surface area contributed by atoms with Crippen LogP contribution in [0, 0.1) is 6.92 Å². The van der Waals surface area contributed by atoms with Gasteiger partial charge in [-0.05, 0) is 26.3 Å². The Morgan fingerprint density at radius 2 is 2.26 bits per heavy atom. The highest BCUT2D eigenvalue weighted by molar-refractivity contribution is 5.83. The van der Waals surface area contributed by atoms with Gasteiger partial charge >= 0.3 is 0 Å². The van der Waals surface area contributed by atoms with Gasteiger partial charge in [0.1, 0.15) is 11.3 Å². The number of para-hydroxylation sites is 1. The maximum atomic E-state index is 5.76. The smallest absolute Gasteiger partial charge is 0.191 e. The maximum Gasteiger partial charge on any atom is 0.191 e. The van der Waals surface area contributed by atoms with Crippen LogP contribution in [0.3, 0.4) is 0 Å². The number of nitrogens with zero attached hydrogens (tertiary/aromatic N) is 1. The van der Waals surface area contributed by atoms with Crippen LogP contribution in [0.15, 0.2) is 33.7 Å². The van der Waals surface area contributed by atoms with Crippen LogP contribution < -0.4 is 10.6 Å². The van der Waals surface area contributed by atoms with Gasteiger partial charge in [0.15, 0.2) is 5.96 Å². The summed E-state index contributed by atoms with van der Waals surface area (Å²) in [6.45, 7) is 5.88. The molecule has 1 aliphatic rings. The predicted octanol–water partition coefficient (Wildman–Crippen LogP) is 2.22. The highest BCUT2D eigenvalue weighted by Gasteiger charge is 2.13. The molecule has 2 heterocycles. The Balaban J connectivity index is 1.67. The van der Waals surface area contributed by atoms with Crippen LogP contribution >= 0.6 is 0 Å². The van der Waals surface area contributed by atoms with E-state index in [0.29, 0.717) is 6.04 Å². The van der Waals surface area contributed by atoms with Gasteiger partial charge in [-0.3, -0.25) is 4.99 Å². The van der Waals surface area contributed by atoms with E-state index in [1.807, 2.05) is 19.1 Å². The van der Waals surface area contributed by atoms with Crippen LogP contribution in [0.4, 0.5) is 0 Å². The summed E-state index contributed by atoms with van der Waals surface area (Å²) < 4.78 is 5.76. The quantitative estimate of drug-likeness (QED) is 0.886. The fraction of sp³-hybridized carbons (Fsp3) is 0.400. The summed E-state index contributed by atoms with van der Waals surface area (Å²) >= 11 is 0. The Morgan fingerprint density at radius 3 is 3.05 bits per heavy atom. The highest BCUT2D eigenvalue weighted by Crippen LogP contribution is 2.25. The Hall–Kier alpha value is -1.97. The standard InChI is InChI=1S/C15H19N3O/c1-10-9-17-15(18-10)16-8-7-12-11(2)19-14-6-4-3-5-13(12)14/h3-6,10H,7-9H2,1-2H3,(H2,16,17,18). The van der Waals surface area contributed by atoms with E-state index in [-0.39, 0.29) is 0 Å². The van der Waals surface area contributed by atoms with E-state index in [0.717, 1.165) is 36.8 Å². The molecule has 0 bridgehead atoms. The van der Waals surface area contributed by atoms with Crippen LogP contribution in [0.1, 0.15) is 18.2 Å². The molecule has 0 saturated carbocycles. The zero-order valence-electron chi connectivity index (χ0n) is 11.4. The van der Waals surface area contributed by atoms with Crippen LogP contribution in [0.2, 0.25) is 0 Å². The Bertz CT molecular complexity index is 615. The number of rotatable bonds is 3. The fourth-order valence-electron chi connectivity index (χ4n) is 2.50. The van der Waals surface area contributed by atoms with Gasteiger partial charge in [-0.2, -0.15) is 0 Å². The van der Waals surface area contributed by atoms with E-state index >= 15 is 0 Å². The summed E-state index contributed by atoms with van der Waals surface area (Å²) in [4.78, 5) is 4.39. The number of guanidine groups is 1. The van der Waals surface area contributed by atoms with E-state index in [9.17, 15) is 0 Å². The van der Waals surface area contributed by atoms with Gasteiger partial charge in [0, 0.05) is 23.5 Å². The summed E-state index contributed by atoms with van der Waals surface area (Å²) in [7, 11) is 0. The minimum absolute atomic E-state index is 0.444. The fourth-order valence-corrected chi connectivity index (χ4v) is 2.50. The van der Waals surface area contributed by atoms with Gasteiger partial charge in [0.2, 0.25) is 0 Å². The molecule has 1 aromatic heterocycles. The van der Waals surface area contributed by atoms with E-state index in [2.05, 4.69) is 34.7 Å². The van der Waals surface area contributed by atoms with Gasteiger partial charge < -0.3 is 15.1 Å². The minimum Gasteiger partial charge on any atom is -0.461 e. The van der Waals surface area contributed by atoms with Gasteiger partial charge in [0.25, 0.3) is 0 Å². The number of hydrogen-bond acceptors (Lipinski definition) is 4. The van der Waals surface area contributed by atoms with E-state index in [1.165, 1.54) is 10.9 Å². The molecule has 0 spiro atoms. The molecule has 2 aromatic rings. The van der Waals surface area contributed by atoms with Crippen LogP contribution in [-0.4, -0.2) is 25.1 Å². The zero-order chi connectivity index (χ0) is 13.2. The Morgan fingerprint density at radius 1 is 1.42 bits per heavy atom. The molecule has 1 atom stereocenters. The van der Waals surface area contributed by atoms with Crippen molar-refractivity contribution in [1.82, 2.24) is 10.6 Å². The van der Waals surface area contributed by atoms with Crippen molar-refractivity contribution in [2.75, 3.05) is 13.1 Å². The predicted molar refractivity (Wildman–Crippen MR) is 77.6 cm³/mol. The first-order valence-corrected chi connectivity index (χ1v) is 6.76. The average molecular weight is 257 g/mol. The summed E-state index contributed by atoms with van der Waals surface area (Å²) in [5, 5.41) is 7.86. The molecule has 4 nitrogen and oxygen atoms in total. The molecular formula is C15H19N3O. The van der Waals surface area contributed by atoms with Gasteiger partial charge in [-0.1, -0.05) is 18.2 Å². The van der Waals surface area contributed by atoms with Crippen molar-refractivity contribution in [2.24, 2.45) is 4.99 Å². The van der Waals surface area contributed by atoms with Crippen molar-refractivity contribution in [3.8, 4) is 0 Å². The number of hydrogen-bond donors (Lipinski definition) is 2. The Kier molecular flexibility index (Phi) is 3.15. The van der Waals surface area contributed by atoms with E-state index < -0.39 is 0 Å². The molecule has 0 amide bonds. The molecule has 0 fully saturated rings. The number of benzene rings is 1. The number of fused-ring (bicyclic) bond motifs is 1. The van der Waals surface area contributed by atoms with Crippen molar-refractivity contribution in [2.45, 2.75) is 26.3 Å². The maximum absolute atomic E-state index is 5.76. The number of nitrogens with one attached hydrogen (secondary N) is 2. The third-order valence-corrected chi connectivity index (χ3v) is 3.47. The third-order valence-electron chi connectivity index (χ3n) is 3.47. The molecule has 1 unspecified atom stereocenters. The van der Waals surface area contributed by atoms with Crippen molar-refractivity contribution < 1.29 is 4.42 Å². The molecule has 1 aliphatic heterocycles. The second-order valence-corrected chi connectivity index (χ2v) is 5.04. The zero-order valence-corrected chi connectivity index (χ0v) is 11.4. The minimum atomic E-state index is 0.444. The van der Waals surface area contributed by atoms with Gasteiger partial charge in [0.05, 0.1) is 6.54 Å². The molecular weight excluding hydrogens is 238 g/mol. The monoisotopic (exact) mass is 257 g/mol. The SMILES string of the molecule is Cc1oc2ccccc2c1CCNC1=NCC(C)N1. The Labute approximate surface area is 112 Å². The van der Waals surface area contributed by atoms with E-state index in [1.54, 1.807) is 0 Å². The average Bonchev–Trinajstić information content (AvgIpc) is 2.94. The number of aryl methyl sites for hydroxylation is 1. The lowest BCUT2D eigenvalue weighted by Gasteiger charge is -2.08. The lowest BCUT2D eigenvalue weighted by Crippen LogP contribution is -2.38. The van der Waals surface area contributed by atoms with Crippen LogP contribution in [0.25, 0.3) is 11.0 Å². The largest absolute Gasteiger partial charge is 0.461 e. The molecule has 2 N–H and O–H groups in total. The van der Waals surface area contributed by atoms with Crippen molar-refractivity contribution in [1.29, 1.82) is 0 Å². The molecule has 0 saturated heterocycles. The first-order valence-electron chi connectivity index (χ1n) is 6.76. The molecule has 4 heteroatoms. The molecule has 0 radical (unpaired) electrons. The van der Waals surface area contributed by atoms with Gasteiger partial charge in [-0.25, -0.2) is 0 Å². The normalized spacial score (nSPS) is 18.4. The molecule has 3 rings (SSSR count). The van der Waals surface area contributed by atoms with E-state index in [4.69, 9.17) is 4.42 Å². The first-order chi connectivity index (χ1) is 9.24. The lowest BCUT2D eigenvalue weighted by molar-refractivity contribution is 0.571. The molecule has 0 aliphatic carbocycles. The number of furan rings is 1. The molecule has 1 aromatic carbocycles. The molecule has 19 heavy (non-hydrogen) atoms. The molecule has 100 valence electrons. The first kappa shape index (κ1) is 12.1. The van der Waals surface area contributed by atoms with Crippen molar-refractivity contribution in [3.63, 3.8) is 0 Å². The van der Waals surface area contributed by atoms with Crippen LogP contribution in [-0.2, 0) is 6.42 Å². The summed E-state index contributed by atoms with van der Waals surface area (Å²) in [6, 6.07) is 8.64. The summed E-state index contributed by atoms with van der Waals surface area (Å²) in [5.41, 5.74) is 2.26. The second kappa shape index (κ2) is 4.96. The summed E-state index contributed by atoms with van der Waals surface area (Å²) in [6.07, 6.45) is 0.942. The van der Waals surface area contributed by atoms with Gasteiger partial charge in [-0.15, -0.1) is 0 Å². The van der Waals surface area contributed by atoms with Crippen molar-refractivity contribution >= 4 is 16.9 Å². The lowest BCUT2D eigenvalue weighted by atomic mass is 10.1. The topological polar surface area (TPSA) is 49.6 Å². The summed E-state index contributed by atoms with van der Waals surface area (Å²) in [5.74, 6) is 1.93. The second-order valence-electron chi connectivity index (χ2n) is 5.04. The van der Waals surface area contributed by atoms with Crippen LogP contribution in [0.5, 0.6) is 0 Å². The highest BCUT2D eigenvalue weighted by atomic mass is 16.3.